The first-order chi connectivity index (χ1) is 19.9. The van der Waals surface area contributed by atoms with E-state index in [1.807, 2.05) is 57.2 Å². The summed E-state index contributed by atoms with van der Waals surface area (Å²) in [6.07, 6.45) is 1.11. The van der Waals surface area contributed by atoms with Gasteiger partial charge in [-0.05, 0) is 104 Å². The van der Waals surface area contributed by atoms with Gasteiger partial charge >= 0.3 is 5.97 Å². The molecule has 3 aromatic carbocycles. The molecular weight excluding hydrogens is 554 g/mol. The van der Waals surface area contributed by atoms with Gasteiger partial charge in [-0.25, -0.2) is 13.4 Å². The molecule has 1 atom stereocenters. The van der Waals surface area contributed by atoms with E-state index in [1.54, 1.807) is 13.2 Å². The second-order valence-corrected chi connectivity index (χ2v) is 12.8. The lowest BCUT2D eigenvalue weighted by atomic mass is 9.78. The maximum Gasteiger partial charge on any atom is 0.318 e. The molecule has 0 amide bonds. The molecule has 5 rings (SSSR count). The predicted molar refractivity (Wildman–Crippen MR) is 158 cm³/mol. The molecule has 1 aliphatic heterocycles. The molecule has 0 saturated carbocycles. The average molecular weight is 586 g/mol. The van der Waals surface area contributed by atoms with E-state index in [1.165, 1.54) is 12.1 Å². The van der Waals surface area contributed by atoms with Crippen molar-refractivity contribution < 1.29 is 27.8 Å². The molecule has 9 nitrogen and oxygen atoms in total. The van der Waals surface area contributed by atoms with Crippen LogP contribution in [0.2, 0.25) is 0 Å². The van der Waals surface area contributed by atoms with E-state index < -0.39 is 28.1 Å². The van der Waals surface area contributed by atoms with Gasteiger partial charge < -0.3 is 14.6 Å². The summed E-state index contributed by atoms with van der Waals surface area (Å²) in [5.41, 5.74) is 5.06. The van der Waals surface area contributed by atoms with E-state index in [4.69, 9.17) is 19.6 Å². The number of sulfonamides is 1. The number of ether oxygens (including phenoxy) is 2. The molecule has 0 radical (unpaired) electrons. The Morgan fingerprint density at radius 2 is 1.95 bits per heavy atom. The van der Waals surface area contributed by atoms with Gasteiger partial charge in [0.25, 0.3) is 0 Å². The highest BCUT2D eigenvalue weighted by molar-refractivity contribution is 7.89. The standard InChI is InChI=1S/C32H31N3O6S/c1-19-5-7-27-26(8-10-29(40-4)31(27)35-19)22-12-20(11-21(13-22)17-33)14-24-15-23-16-25(42(38,39)34-18-30(36)37)6-9-28(23)41-32(24,2)3/h5-13,16,24,34H,14-15,18H2,1-4H3,(H,36,37). The largest absolute Gasteiger partial charge is 0.494 e. The number of hydrogen-bond donors (Lipinski definition) is 2. The number of hydrogen-bond acceptors (Lipinski definition) is 7. The van der Waals surface area contributed by atoms with Crippen molar-refractivity contribution in [3.63, 3.8) is 0 Å². The second-order valence-electron chi connectivity index (χ2n) is 11.0. The Morgan fingerprint density at radius 3 is 2.67 bits per heavy atom. The summed E-state index contributed by atoms with van der Waals surface area (Å²) in [6.45, 7) is 5.22. The van der Waals surface area contributed by atoms with Crippen LogP contribution < -0.4 is 14.2 Å². The summed E-state index contributed by atoms with van der Waals surface area (Å²) in [5.74, 6) is -0.0517. The molecule has 0 bridgehead atoms. The molecule has 2 N–H and O–H groups in total. The first-order valence-electron chi connectivity index (χ1n) is 13.4. The van der Waals surface area contributed by atoms with Crippen molar-refractivity contribution in [3.8, 4) is 28.7 Å². The number of nitrogens with one attached hydrogen (secondary N) is 1. The zero-order valence-electron chi connectivity index (χ0n) is 23.8. The molecule has 0 aliphatic carbocycles. The van der Waals surface area contributed by atoms with Crippen LogP contribution in [0.1, 0.15) is 36.2 Å². The lowest BCUT2D eigenvalue weighted by Gasteiger charge is -2.40. The third-order valence-corrected chi connectivity index (χ3v) is 9.07. The average Bonchev–Trinajstić information content (AvgIpc) is 2.95. The predicted octanol–water partition coefficient (Wildman–Crippen LogP) is 5.03. The molecule has 0 fully saturated rings. The Kier molecular flexibility index (Phi) is 7.66. The van der Waals surface area contributed by atoms with Crippen molar-refractivity contribution in [1.82, 2.24) is 9.71 Å². The summed E-state index contributed by atoms with van der Waals surface area (Å²) >= 11 is 0. The minimum atomic E-state index is -4.00. The van der Waals surface area contributed by atoms with E-state index in [2.05, 4.69) is 16.9 Å². The molecule has 4 aromatic rings. The van der Waals surface area contributed by atoms with Crippen molar-refractivity contribution in [2.24, 2.45) is 5.92 Å². The quantitative estimate of drug-likeness (QED) is 0.294. The third kappa shape index (κ3) is 5.79. The number of carboxylic acids is 1. The zero-order valence-corrected chi connectivity index (χ0v) is 24.6. The van der Waals surface area contributed by atoms with Gasteiger partial charge in [-0.2, -0.15) is 9.98 Å². The highest BCUT2D eigenvalue weighted by atomic mass is 32.2. The van der Waals surface area contributed by atoms with Gasteiger partial charge in [0, 0.05) is 17.0 Å². The number of benzene rings is 3. The number of fused-ring (bicyclic) bond motifs is 2. The fourth-order valence-electron chi connectivity index (χ4n) is 5.44. The molecule has 1 unspecified atom stereocenters. The highest BCUT2D eigenvalue weighted by Gasteiger charge is 2.37. The Morgan fingerprint density at radius 1 is 1.17 bits per heavy atom. The first kappa shape index (κ1) is 29.0. The van der Waals surface area contributed by atoms with Crippen molar-refractivity contribution >= 4 is 26.9 Å². The normalized spacial score (nSPS) is 15.8. The maximum absolute atomic E-state index is 12.7. The minimum Gasteiger partial charge on any atom is -0.494 e. The molecule has 2 heterocycles. The van der Waals surface area contributed by atoms with Crippen molar-refractivity contribution in [1.29, 1.82) is 5.26 Å². The number of carbonyl (C=O) groups is 1. The molecule has 10 heteroatoms. The first-order valence-corrected chi connectivity index (χ1v) is 14.9. The number of aromatic nitrogens is 1. The van der Waals surface area contributed by atoms with E-state index in [0.717, 1.165) is 38.9 Å². The van der Waals surface area contributed by atoms with Gasteiger partial charge in [0.1, 0.15) is 29.2 Å². The van der Waals surface area contributed by atoms with Gasteiger partial charge in [0.2, 0.25) is 10.0 Å². The van der Waals surface area contributed by atoms with Crippen molar-refractivity contribution in [3.05, 3.63) is 83.0 Å². The zero-order chi connectivity index (χ0) is 30.2. The Labute approximate surface area is 244 Å². The number of nitriles is 1. The Hall–Kier alpha value is -4.46. The number of aliphatic carboxylic acids is 1. The summed E-state index contributed by atoms with van der Waals surface area (Å²) in [5, 5.41) is 19.7. The molecule has 1 aliphatic rings. The van der Waals surface area contributed by atoms with Gasteiger partial charge in [-0.15, -0.1) is 0 Å². The van der Waals surface area contributed by atoms with Gasteiger partial charge in [-0.3, -0.25) is 4.79 Å². The van der Waals surface area contributed by atoms with Crippen LogP contribution in [0.25, 0.3) is 22.0 Å². The van der Waals surface area contributed by atoms with E-state index in [9.17, 15) is 18.5 Å². The van der Waals surface area contributed by atoms with Crippen molar-refractivity contribution in [2.45, 2.75) is 44.1 Å². The van der Waals surface area contributed by atoms with Crippen LogP contribution in [0, 0.1) is 24.2 Å². The van der Waals surface area contributed by atoms with Crippen LogP contribution in [0.15, 0.2) is 65.6 Å². The van der Waals surface area contributed by atoms with Gasteiger partial charge in [0.05, 0.1) is 23.6 Å². The highest BCUT2D eigenvalue weighted by Crippen LogP contribution is 2.40. The number of pyridine rings is 1. The van der Waals surface area contributed by atoms with Gasteiger partial charge in [0.15, 0.2) is 0 Å². The second kappa shape index (κ2) is 11.1. The molecule has 42 heavy (non-hydrogen) atoms. The fraction of sp³-hybridized carbons (Fsp3) is 0.281. The van der Waals surface area contributed by atoms with Crippen LogP contribution in [-0.2, 0) is 27.7 Å². The minimum absolute atomic E-state index is 0.0199. The summed E-state index contributed by atoms with van der Waals surface area (Å²) in [6, 6.07) is 20.5. The van der Waals surface area contributed by atoms with E-state index >= 15 is 0 Å². The van der Waals surface area contributed by atoms with Crippen molar-refractivity contribution in [2.75, 3.05) is 13.7 Å². The van der Waals surface area contributed by atoms with Crippen LogP contribution in [-0.4, -0.2) is 43.7 Å². The third-order valence-electron chi connectivity index (χ3n) is 7.67. The number of nitrogens with zero attached hydrogens (tertiary/aromatic N) is 2. The molecule has 0 spiro atoms. The smallest absolute Gasteiger partial charge is 0.318 e. The Balaban J connectivity index is 1.50. The lowest BCUT2D eigenvalue weighted by molar-refractivity contribution is -0.135. The lowest BCUT2D eigenvalue weighted by Crippen LogP contribution is -2.43. The van der Waals surface area contributed by atoms with E-state index in [0.29, 0.717) is 29.9 Å². The van der Waals surface area contributed by atoms with Gasteiger partial charge in [-0.1, -0.05) is 12.1 Å². The van der Waals surface area contributed by atoms with Crippen LogP contribution in [0.3, 0.4) is 0 Å². The van der Waals surface area contributed by atoms with Crippen LogP contribution in [0.4, 0.5) is 0 Å². The number of aryl methyl sites for hydroxylation is 1. The number of methoxy groups -OCH3 is 1. The molecule has 216 valence electrons. The molecular formula is C32H31N3O6S. The summed E-state index contributed by atoms with van der Waals surface area (Å²) in [7, 11) is -2.39. The maximum atomic E-state index is 12.7. The molecule has 1 aromatic heterocycles. The SMILES string of the molecule is COc1ccc(-c2cc(C#N)cc(CC3Cc4cc(S(=O)(=O)NCC(=O)O)ccc4OC3(C)C)c2)c2ccc(C)nc12. The van der Waals surface area contributed by atoms with Crippen LogP contribution >= 0.6 is 0 Å². The topological polar surface area (TPSA) is 139 Å². The fourth-order valence-corrected chi connectivity index (χ4v) is 6.46. The van der Waals surface area contributed by atoms with E-state index in [-0.39, 0.29) is 10.8 Å². The number of rotatable bonds is 8. The molecule has 0 saturated heterocycles. The Bertz CT molecular complexity index is 1860. The van der Waals surface area contributed by atoms with Crippen LogP contribution in [0.5, 0.6) is 11.5 Å². The monoisotopic (exact) mass is 585 g/mol. The summed E-state index contributed by atoms with van der Waals surface area (Å²) < 4.78 is 39.3. The number of carboxylic acid groups (broad SMARTS) is 1. The summed E-state index contributed by atoms with van der Waals surface area (Å²) in [4.78, 5) is 15.6.